The normalized spacial score (nSPS) is 12.2. The molecule has 0 saturated heterocycles. The first-order valence-electron chi connectivity index (χ1n) is 8.82. The van der Waals surface area contributed by atoms with E-state index in [1.807, 2.05) is 0 Å². The molecule has 2 amide bonds. The summed E-state index contributed by atoms with van der Waals surface area (Å²) in [6.07, 6.45) is 1.36. The highest BCUT2D eigenvalue weighted by atomic mass is 19.1. The minimum atomic E-state index is -0.551. The molecular formula is C21H16FN3O4. The third-order valence-electron chi connectivity index (χ3n) is 4.14. The summed E-state index contributed by atoms with van der Waals surface area (Å²) in [5, 5.41) is 5.29. The number of amides is 2. The fourth-order valence-corrected chi connectivity index (χ4v) is 2.78. The molecule has 0 aliphatic carbocycles. The van der Waals surface area contributed by atoms with E-state index >= 15 is 0 Å². The molecule has 146 valence electrons. The molecule has 3 aromatic rings. The van der Waals surface area contributed by atoms with Crippen LogP contribution in [-0.4, -0.2) is 30.0 Å². The molecule has 0 spiro atoms. The van der Waals surface area contributed by atoms with Crippen LogP contribution in [0.3, 0.4) is 0 Å². The predicted molar refractivity (Wildman–Crippen MR) is 104 cm³/mol. The summed E-state index contributed by atoms with van der Waals surface area (Å²) in [7, 11) is 0. The molecule has 0 unspecified atom stereocenters. The number of ether oxygens (including phenoxy) is 2. The van der Waals surface area contributed by atoms with Crippen molar-refractivity contribution < 1.29 is 23.5 Å². The van der Waals surface area contributed by atoms with Gasteiger partial charge in [-0.25, -0.2) is 4.39 Å². The Hall–Kier alpha value is -3.94. The highest BCUT2D eigenvalue weighted by Gasteiger charge is 2.15. The van der Waals surface area contributed by atoms with Gasteiger partial charge in [0.1, 0.15) is 24.7 Å². The number of fused-ring (bicyclic) bond motifs is 1. The maximum atomic E-state index is 13.3. The van der Waals surface area contributed by atoms with Gasteiger partial charge in [-0.3, -0.25) is 14.6 Å². The van der Waals surface area contributed by atoms with Crippen molar-refractivity contribution in [1.29, 1.82) is 0 Å². The van der Waals surface area contributed by atoms with Crippen LogP contribution < -0.4 is 20.1 Å². The number of carbonyl (C=O) groups is 2. The van der Waals surface area contributed by atoms with Crippen LogP contribution in [0.4, 0.5) is 15.8 Å². The van der Waals surface area contributed by atoms with Crippen LogP contribution in [0.5, 0.6) is 11.5 Å². The van der Waals surface area contributed by atoms with Gasteiger partial charge in [-0.2, -0.15) is 0 Å². The standard InChI is InChI=1S/C21H16FN3O4/c22-14-2-1-3-15(11-14)25-21(27)17-10-13(6-7-23-17)20(26)24-16-4-5-18-19(12-16)29-9-8-28-18/h1-7,10-12H,8-9H2,(H,24,26)(H,25,27). The largest absolute Gasteiger partial charge is 0.486 e. The number of benzene rings is 2. The number of nitrogens with one attached hydrogen (secondary N) is 2. The van der Waals surface area contributed by atoms with E-state index < -0.39 is 17.6 Å². The van der Waals surface area contributed by atoms with Crippen molar-refractivity contribution in [1.82, 2.24) is 4.98 Å². The monoisotopic (exact) mass is 393 g/mol. The van der Waals surface area contributed by atoms with Crippen LogP contribution in [-0.2, 0) is 0 Å². The van der Waals surface area contributed by atoms with Crippen LogP contribution in [0, 0.1) is 5.82 Å². The second-order valence-electron chi connectivity index (χ2n) is 6.21. The fraction of sp³-hybridized carbons (Fsp3) is 0.0952. The first kappa shape index (κ1) is 18.4. The number of nitrogens with zero attached hydrogens (tertiary/aromatic N) is 1. The molecule has 0 radical (unpaired) electrons. The second kappa shape index (κ2) is 7.97. The highest BCUT2D eigenvalue weighted by molar-refractivity contribution is 6.07. The quantitative estimate of drug-likeness (QED) is 0.708. The number of aromatic nitrogens is 1. The average Bonchev–Trinajstić information content (AvgIpc) is 2.74. The van der Waals surface area contributed by atoms with E-state index in [4.69, 9.17) is 9.47 Å². The maximum Gasteiger partial charge on any atom is 0.274 e. The molecule has 1 aliphatic heterocycles. The lowest BCUT2D eigenvalue weighted by molar-refractivity contribution is 0.102. The van der Waals surface area contributed by atoms with Gasteiger partial charge in [-0.1, -0.05) is 6.07 Å². The lowest BCUT2D eigenvalue weighted by Crippen LogP contribution is -2.18. The lowest BCUT2D eigenvalue weighted by Gasteiger charge is -2.19. The van der Waals surface area contributed by atoms with Crippen molar-refractivity contribution in [3.63, 3.8) is 0 Å². The molecule has 0 bridgehead atoms. The fourth-order valence-electron chi connectivity index (χ4n) is 2.78. The van der Waals surface area contributed by atoms with Crippen LogP contribution in [0.15, 0.2) is 60.8 Å². The van der Waals surface area contributed by atoms with E-state index in [9.17, 15) is 14.0 Å². The van der Waals surface area contributed by atoms with Crippen molar-refractivity contribution >= 4 is 23.2 Å². The zero-order chi connectivity index (χ0) is 20.2. The van der Waals surface area contributed by atoms with Gasteiger partial charge in [0, 0.05) is 29.2 Å². The van der Waals surface area contributed by atoms with E-state index in [1.54, 1.807) is 24.3 Å². The Kier molecular flexibility index (Phi) is 5.07. The molecule has 29 heavy (non-hydrogen) atoms. The van der Waals surface area contributed by atoms with Crippen LogP contribution in [0.1, 0.15) is 20.8 Å². The highest BCUT2D eigenvalue weighted by Crippen LogP contribution is 2.32. The predicted octanol–water partition coefficient (Wildman–Crippen LogP) is 3.50. The van der Waals surface area contributed by atoms with Gasteiger partial charge in [0.05, 0.1) is 0 Å². The molecular weight excluding hydrogens is 377 g/mol. The van der Waals surface area contributed by atoms with Gasteiger partial charge in [0.2, 0.25) is 0 Å². The van der Waals surface area contributed by atoms with Crippen LogP contribution >= 0.6 is 0 Å². The number of hydrogen-bond acceptors (Lipinski definition) is 5. The molecule has 7 nitrogen and oxygen atoms in total. The molecule has 2 heterocycles. The minimum Gasteiger partial charge on any atom is -0.486 e. The maximum absolute atomic E-state index is 13.3. The van der Waals surface area contributed by atoms with E-state index in [0.717, 1.165) is 0 Å². The third kappa shape index (κ3) is 4.32. The van der Waals surface area contributed by atoms with E-state index in [2.05, 4.69) is 15.6 Å². The van der Waals surface area contributed by atoms with Gasteiger partial charge in [-0.15, -0.1) is 0 Å². The number of halogens is 1. The number of anilines is 2. The lowest BCUT2D eigenvalue weighted by atomic mass is 10.2. The first-order chi connectivity index (χ1) is 14.1. The summed E-state index contributed by atoms with van der Waals surface area (Å²) < 4.78 is 24.2. The van der Waals surface area contributed by atoms with Crippen molar-refractivity contribution in [2.24, 2.45) is 0 Å². The van der Waals surface area contributed by atoms with Crippen molar-refractivity contribution in [3.05, 3.63) is 77.9 Å². The Morgan fingerprint density at radius 3 is 2.45 bits per heavy atom. The summed E-state index contributed by atoms with van der Waals surface area (Å²) in [6, 6.07) is 13.4. The molecule has 2 N–H and O–H groups in total. The third-order valence-corrected chi connectivity index (χ3v) is 4.14. The summed E-state index contributed by atoms with van der Waals surface area (Å²) in [5.41, 5.74) is 1.10. The summed E-state index contributed by atoms with van der Waals surface area (Å²) >= 11 is 0. The van der Waals surface area contributed by atoms with Gasteiger partial charge < -0.3 is 20.1 Å². The molecule has 1 aliphatic rings. The van der Waals surface area contributed by atoms with E-state index in [-0.39, 0.29) is 11.3 Å². The van der Waals surface area contributed by atoms with Crippen molar-refractivity contribution in [2.45, 2.75) is 0 Å². The molecule has 0 saturated carbocycles. The average molecular weight is 393 g/mol. The number of rotatable bonds is 4. The van der Waals surface area contributed by atoms with Crippen LogP contribution in [0.25, 0.3) is 0 Å². The first-order valence-corrected chi connectivity index (χ1v) is 8.82. The zero-order valence-electron chi connectivity index (χ0n) is 15.1. The number of pyridine rings is 1. The number of hydrogen-bond donors (Lipinski definition) is 2. The Bertz CT molecular complexity index is 1090. The van der Waals surface area contributed by atoms with Crippen LogP contribution in [0.2, 0.25) is 0 Å². The smallest absolute Gasteiger partial charge is 0.274 e. The molecule has 4 rings (SSSR count). The molecule has 0 fully saturated rings. The van der Waals surface area contributed by atoms with Gasteiger partial charge in [-0.05, 0) is 42.5 Å². The second-order valence-corrected chi connectivity index (χ2v) is 6.21. The Labute approximate surface area is 165 Å². The van der Waals surface area contributed by atoms with E-state index in [1.165, 1.54) is 36.5 Å². The molecule has 8 heteroatoms. The minimum absolute atomic E-state index is 0.0316. The van der Waals surface area contributed by atoms with Gasteiger partial charge >= 0.3 is 0 Å². The SMILES string of the molecule is O=C(Nc1ccc2c(c1)OCCO2)c1ccnc(C(=O)Nc2cccc(F)c2)c1. The molecule has 1 aromatic heterocycles. The van der Waals surface area contributed by atoms with Crippen molar-refractivity contribution in [3.8, 4) is 11.5 Å². The zero-order valence-corrected chi connectivity index (χ0v) is 15.1. The summed E-state index contributed by atoms with van der Waals surface area (Å²) in [4.78, 5) is 28.9. The summed E-state index contributed by atoms with van der Waals surface area (Å²) in [6.45, 7) is 0.925. The Morgan fingerprint density at radius 1 is 0.862 bits per heavy atom. The Balaban J connectivity index is 1.47. The Morgan fingerprint density at radius 2 is 1.62 bits per heavy atom. The van der Waals surface area contributed by atoms with E-state index in [0.29, 0.717) is 36.1 Å². The van der Waals surface area contributed by atoms with Gasteiger partial charge in [0.15, 0.2) is 11.5 Å². The molecule has 2 aromatic carbocycles. The van der Waals surface area contributed by atoms with Crippen molar-refractivity contribution in [2.75, 3.05) is 23.8 Å². The topological polar surface area (TPSA) is 89.6 Å². The summed E-state index contributed by atoms with van der Waals surface area (Å²) in [5.74, 6) is -0.259. The number of carbonyl (C=O) groups excluding carboxylic acids is 2. The molecule has 0 atom stereocenters. The van der Waals surface area contributed by atoms with Gasteiger partial charge in [0.25, 0.3) is 11.8 Å².